The van der Waals surface area contributed by atoms with Gasteiger partial charge < -0.3 is 0 Å². The summed E-state index contributed by atoms with van der Waals surface area (Å²) in [6.07, 6.45) is 0.907. The van der Waals surface area contributed by atoms with E-state index in [-0.39, 0.29) is 0 Å². The summed E-state index contributed by atoms with van der Waals surface area (Å²) in [6, 6.07) is 14.5. The second kappa shape index (κ2) is 5.87. The zero-order valence-electron chi connectivity index (χ0n) is 10.6. The van der Waals surface area contributed by atoms with Gasteiger partial charge in [0.15, 0.2) is 0 Å². The average Bonchev–Trinajstić information content (AvgIpc) is 2.37. The molecule has 0 fully saturated rings. The van der Waals surface area contributed by atoms with E-state index in [9.17, 15) is 4.79 Å². The smallest absolute Gasteiger partial charge is 0.150 e. The van der Waals surface area contributed by atoms with Gasteiger partial charge in [0, 0.05) is 16.2 Å². The predicted molar refractivity (Wildman–Crippen MR) is 77.3 cm³/mol. The Kier molecular flexibility index (Phi) is 4.21. The molecule has 0 radical (unpaired) electrons. The van der Waals surface area contributed by atoms with Crippen LogP contribution in [0.4, 0.5) is 0 Å². The number of rotatable bonds is 4. The van der Waals surface area contributed by atoms with Crippen molar-refractivity contribution in [2.45, 2.75) is 24.5 Å². The van der Waals surface area contributed by atoms with E-state index in [0.717, 1.165) is 23.2 Å². The minimum Gasteiger partial charge on any atom is -0.298 e. The molecule has 0 saturated carbocycles. The molecule has 0 atom stereocenters. The predicted octanol–water partition coefficient (Wildman–Crippen LogP) is 4.41. The van der Waals surface area contributed by atoms with Crippen LogP contribution in [0, 0.1) is 13.8 Å². The Morgan fingerprint density at radius 1 is 1.11 bits per heavy atom. The van der Waals surface area contributed by atoms with Gasteiger partial charge in [-0.15, -0.1) is 11.8 Å². The summed E-state index contributed by atoms with van der Waals surface area (Å²) in [5.74, 6) is 0.960. The second-order valence-corrected chi connectivity index (χ2v) is 5.46. The number of hydrogen-bond acceptors (Lipinski definition) is 2. The highest BCUT2D eigenvalue weighted by Gasteiger charge is 2.00. The minimum absolute atomic E-state index is 0.773. The van der Waals surface area contributed by atoms with E-state index in [1.54, 1.807) is 11.8 Å². The third-order valence-corrected chi connectivity index (χ3v) is 3.92. The second-order valence-electron chi connectivity index (χ2n) is 4.41. The molecule has 1 nitrogen and oxygen atoms in total. The third-order valence-electron chi connectivity index (χ3n) is 2.86. The molecule has 0 aliphatic carbocycles. The monoisotopic (exact) mass is 256 g/mol. The minimum atomic E-state index is 0.773. The zero-order chi connectivity index (χ0) is 13.0. The molecule has 0 aromatic heterocycles. The number of thioether (sulfide) groups is 1. The molecule has 0 amide bonds. The molecule has 0 N–H and O–H groups in total. The quantitative estimate of drug-likeness (QED) is 0.595. The number of aryl methyl sites for hydroxylation is 2. The molecule has 0 saturated heterocycles. The van der Waals surface area contributed by atoms with Crippen LogP contribution >= 0.6 is 11.8 Å². The topological polar surface area (TPSA) is 17.1 Å². The lowest BCUT2D eigenvalue weighted by atomic mass is 10.1. The van der Waals surface area contributed by atoms with Gasteiger partial charge in [-0.3, -0.25) is 4.79 Å². The SMILES string of the molecule is Cc1cccc(CSc2ccc(C=O)c(C)c2)c1. The normalized spacial score (nSPS) is 10.3. The van der Waals surface area contributed by atoms with Crippen LogP contribution in [0.1, 0.15) is 27.0 Å². The van der Waals surface area contributed by atoms with Gasteiger partial charge in [0.1, 0.15) is 6.29 Å². The van der Waals surface area contributed by atoms with Crippen molar-refractivity contribution in [3.8, 4) is 0 Å². The first kappa shape index (κ1) is 12.9. The molecular weight excluding hydrogens is 240 g/mol. The lowest BCUT2D eigenvalue weighted by Gasteiger charge is -2.05. The molecule has 0 aliphatic heterocycles. The largest absolute Gasteiger partial charge is 0.298 e. The standard InChI is InChI=1S/C16H16OS/c1-12-4-3-5-14(8-12)11-18-16-7-6-15(10-17)13(2)9-16/h3-10H,11H2,1-2H3. The van der Waals surface area contributed by atoms with E-state index in [1.807, 2.05) is 19.1 Å². The van der Waals surface area contributed by atoms with Crippen LogP contribution in [-0.2, 0) is 5.75 Å². The maximum Gasteiger partial charge on any atom is 0.150 e. The van der Waals surface area contributed by atoms with Crippen molar-refractivity contribution in [3.05, 3.63) is 64.7 Å². The molecule has 2 aromatic rings. The van der Waals surface area contributed by atoms with E-state index >= 15 is 0 Å². The van der Waals surface area contributed by atoms with Gasteiger partial charge in [0.25, 0.3) is 0 Å². The maximum atomic E-state index is 10.7. The van der Waals surface area contributed by atoms with Gasteiger partial charge in [-0.1, -0.05) is 35.9 Å². The highest BCUT2D eigenvalue weighted by atomic mass is 32.2. The van der Waals surface area contributed by atoms with E-state index in [0.29, 0.717) is 0 Å². The third kappa shape index (κ3) is 3.23. The van der Waals surface area contributed by atoms with Gasteiger partial charge in [-0.25, -0.2) is 0 Å². The van der Waals surface area contributed by atoms with Crippen LogP contribution in [0.3, 0.4) is 0 Å². The zero-order valence-corrected chi connectivity index (χ0v) is 11.5. The highest BCUT2D eigenvalue weighted by Crippen LogP contribution is 2.24. The number of benzene rings is 2. The first-order chi connectivity index (χ1) is 8.69. The summed E-state index contributed by atoms with van der Waals surface area (Å²) < 4.78 is 0. The lowest BCUT2D eigenvalue weighted by Crippen LogP contribution is -1.87. The molecular formula is C16H16OS. The molecule has 18 heavy (non-hydrogen) atoms. The first-order valence-corrected chi connectivity index (χ1v) is 6.92. The van der Waals surface area contributed by atoms with Crippen molar-refractivity contribution in [3.63, 3.8) is 0 Å². The van der Waals surface area contributed by atoms with Crippen LogP contribution in [0.25, 0.3) is 0 Å². The molecule has 0 spiro atoms. The van der Waals surface area contributed by atoms with Gasteiger partial charge in [-0.05, 0) is 37.1 Å². The Morgan fingerprint density at radius 3 is 2.61 bits per heavy atom. The number of aldehydes is 1. The van der Waals surface area contributed by atoms with Crippen LogP contribution in [0.2, 0.25) is 0 Å². The number of carbonyl (C=O) groups is 1. The van der Waals surface area contributed by atoms with E-state index in [1.165, 1.54) is 16.0 Å². The fourth-order valence-corrected chi connectivity index (χ4v) is 2.78. The van der Waals surface area contributed by atoms with E-state index in [4.69, 9.17) is 0 Å². The Balaban J connectivity index is 2.06. The summed E-state index contributed by atoms with van der Waals surface area (Å²) >= 11 is 1.80. The number of carbonyl (C=O) groups excluding carboxylic acids is 1. The van der Waals surface area contributed by atoms with Crippen molar-refractivity contribution in [2.24, 2.45) is 0 Å². The van der Waals surface area contributed by atoms with Crippen LogP contribution in [-0.4, -0.2) is 6.29 Å². The van der Waals surface area contributed by atoms with Gasteiger partial charge in [0.05, 0.1) is 0 Å². The molecule has 0 bridgehead atoms. The molecule has 2 heteroatoms. The summed E-state index contributed by atoms with van der Waals surface area (Å²) in [5, 5.41) is 0. The van der Waals surface area contributed by atoms with Gasteiger partial charge in [0.2, 0.25) is 0 Å². The van der Waals surface area contributed by atoms with Crippen molar-refractivity contribution in [2.75, 3.05) is 0 Å². The van der Waals surface area contributed by atoms with E-state index in [2.05, 4.69) is 37.3 Å². The van der Waals surface area contributed by atoms with Crippen molar-refractivity contribution in [1.29, 1.82) is 0 Å². The molecule has 2 rings (SSSR count). The molecule has 0 heterocycles. The lowest BCUT2D eigenvalue weighted by molar-refractivity contribution is 0.112. The molecule has 2 aromatic carbocycles. The Labute approximate surface area is 112 Å². The van der Waals surface area contributed by atoms with Crippen LogP contribution < -0.4 is 0 Å². The fourth-order valence-electron chi connectivity index (χ4n) is 1.84. The molecule has 0 unspecified atom stereocenters. The Bertz CT molecular complexity index is 561. The summed E-state index contributed by atoms with van der Waals surface area (Å²) in [6.45, 7) is 4.08. The fraction of sp³-hybridized carbons (Fsp3) is 0.188. The molecule has 0 aliphatic rings. The van der Waals surface area contributed by atoms with Crippen molar-refractivity contribution in [1.82, 2.24) is 0 Å². The van der Waals surface area contributed by atoms with Crippen LogP contribution in [0.15, 0.2) is 47.4 Å². The van der Waals surface area contributed by atoms with Crippen molar-refractivity contribution >= 4 is 18.0 Å². The molecule has 92 valence electrons. The Hall–Kier alpha value is -1.54. The summed E-state index contributed by atoms with van der Waals surface area (Å²) in [7, 11) is 0. The Morgan fingerprint density at radius 2 is 1.94 bits per heavy atom. The number of hydrogen-bond donors (Lipinski definition) is 0. The maximum absolute atomic E-state index is 10.7. The summed E-state index contributed by atoms with van der Waals surface area (Å²) in [4.78, 5) is 12.0. The summed E-state index contributed by atoms with van der Waals surface area (Å²) in [5.41, 5.74) is 4.44. The van der Waals surface area contributed by atoms with Gasteiger partial charge >= 0.3 is 0 Å². The highest BCUT2D eigenvalue weighted by molar-refractivity contribution is 7.98. The van der Waals surface area contributed by atoms with Gasteiger partial charge in [-0.2, -0.15) is 0 Å². The van der Waals surface area contributed by atoms with Crippen molar-refractivity contribution < 1.29 is 4.79 Å². The average molecular weight is 256 g/mol. The first-order valence-electron chi connectivity index (χ1n) is 5.93. The van der Waals surface area contributed by atoms with E-state index < -0.39 is 0 Å². The van der Waals surface area contributed by atoms with Crippen LogP contribution in [0.5, 0.6) is 0 Å².